The normalized spacial score (nSPS) is 14.5. The summed E-state index contributed by atoms with van der Waals surface area (Å²) >= 11 is 0. The van der Waals surface area contributed by atoms with Gasteiger partial charge in [-0.2, -0.15) is 0 Å². The number of benzene rings is 2. The van der Waals surface area contributed by atoms with E-state index in [1.54, 1.807) is 0 Å². The lowest BCUT2D eigenvalue weighted by atomic mass is 10.1. The van der Waals surface area contributed by atoms with E-state index in [1.165, 1.54) is 30.5 Å². The minimum Gasteiger partial charge on any atom is -0.372 e. The van der Waals surface area contributed by atoms with Crippen LogP contribution in [0.3, 0.4) is 0 Å². The topological polar surface area (TPSA) is 32.3 Å². The van der Waals surface area contributed by atoms with Gasteiger partial charge in [-0.25, -0.2) is 0 Å². The number of carbonyl (C=O) groups excluding carboxylic acids is 1. The number of anilines is 1. The van der Waals surface area contributed by atoms with Gasteiger partial charge in [0.15, 0.2) is 0 Å². The molecule has 0 aliphatic carbocycles. The molecule has 0 unspecified atom stereocenters. The summed E-state index contributed by atoms with van der Waals surface area (Å²) in [6.07, 6.45) is 4.36. The van der Waals surface area contributed by atoms with Gasteiger partial charge in [-0.05, 0) is 49.4 Å². The monoisotopic (exact) mass is 322 g/mol. The molecular formula is C21H26N2O. The Hall–Kier alpha value is -2.29. The van der Waals surface area contributed by atoms with Crippen LogP contribution in [-0.2, 0) is 17.8 Å². The zero-order valence-corrected chi connectivity index (χ0v) is 14.4. The average Bonchev–Trinajstić information content (AvgIpc) is 2.63. The summed E-state index contributed by atoms with van der Waals surface area (Å²) in [5.74, 6) is 0.0685. The molecule has 24 heavy (non-hydrogen) atoms. The van der Waals surface area contributed by atoms with Crippen LogP contribution in [0.5, 0.6) is 0 Å². The number of nitrogens with one attached hydrogen (secondary N) is 1. The van der Waals surface area contributed by atoms with Crippen molar-refractivity contribution in [2.45, 2.75) is 39.2 Å². The van der Waals surface area contributed by atoms with Gasteiger partial charge in [0.05, 0.1) is 6.42 Å². The molecule has 1 aliphatic heterocycles. The van der Waals surface area contributed by atoms with E-state index in [2.05, 4.69) is 41.4 Å². The molecule has 1 heterocycles. The van der Waals surface area contributed by atoms with Crippen molar-refractivity contribution >= 4 is 11.6 Å². The van der Waals surface area contributed by atoms with E-state index in [0.717, 1.165) is 24.2 Å². The van der Waals surface area contributed by atoms with E-state index >= 15 is 0 Å². The summed E-state index contributed by atoms with van der Waals surface area (Å²) in [5.41, 5.74) is 4.71. The number of rotatable bonds is 5. The van der Waals surface area contributed by atoms with Gasteiger partial charge >= 0.3 is 0 Å². The predicted molar refractivity (Wildman–Crippen MR) is 99.2 cm³/mol. The fraction of sp³-hybridized carbons (Fsp3) is 0.381. The molecule has 3 heteroatoms. The fourth-order valence-corrected chi connectivity index (χ4v) is 3.13. The largest absolute Gasteiger partial charge is 0.372 e. The van der Waals surface area contributed by atoms with Gasteiger partial charge < -0.3 is 10.2 Å². The van der Waals surface area contributed by atoms with Gasteiger partial charge in [0.2, 0.25) is 5.91 Å². The van der Waals surface area contributed by atoms with Crippen LogP contribution in [0.15, 0.2) is 48.5 Å². The number of amides is 1. The fourth-order valence-electron chi connectivity index (χ4n) is 3.13. The second kappa shape index (κ2) is 8.00. The van der Waals surface area contributed by atoms with Gasteiger partial charge in [0.25, 0.3) is 0 Å². The van der Waals surface area contributed by atoms with Gasteiger partial charge in [-0.1, -0.05) is 42.0 Å². The van der Waals surface area contributed by atoms with Crippen LogP contribution in [0.1, 0.15) is 36.0 Å². The molecule has 2 aromatic rings. The number of carbonyl (C=O) groups is 1. The molecule has 3 nitrogen and oxygen atoms in total. The number of hydrogen-bond donors (Lipinski definition) is 1. The maximum Gasteiger partial charge on any atom is 0.224 e. The number of hydrogen-bond acceptors (Lipinski definition) is 2. The molecule has 1 N–H and O–H groups in total. The maximum absolute atomic E-state index is 12.1. The van der Waals surface area contributed by atoms with Crippen LogP contribution in [-0.4, -0.2) is 19.0 Å². The molecule has 0 atom stereocenters. The number of aryl methyl sites for hydroxylation is 1. The van der Waals surface area contributed by atoms with Crippen molar-refractivity contribution in [2.24, 2.45) is 0 Å². The molecule has 0 aromatic heterocycles. The van der Waals surface area contributed by atoms with Gasteiger partial charge in [-0.3, -0.25) is 4.79 Å². The highest BCUT2D eigenvalue weighted by atomic mass is 16.1. The molecule has 1 aliphatic rings. The molecule has 3 rings (SSSR count). The molecule has 0 bridgehead atoms. The van der Waals surface area contributed by atoms with Crippen LogP contribution in [0, 0.1) is 6.92 Å². The Morgan fingerprint density at radius 2 is 1.54 bits per heavy atom. The van der Waals surface area contributed by atoms with Gasteiger partial charge in [0.1, 0.15) is 0 Å². The quantitative estimate of drug-likeness (QED) is 0.907. The molecule has 0 radical (unpaired) electrons. The lowest BCUT2D eigenvalue weighted by Crippen LogP contribution is -2.29. The molecule has 0 spiro atoms. The summed E-state index contributed by atoms with van der Waals surface area (Å²) in [7, 11) is 0. The van der Waals surface area contributed by atoms with E-state index in [9.17, 15) is 4.79 Å². The van der Waals surface area contributed by atoms with Crippen molar-refractivity contribution < 1.29 is 4.79 Å². The third-order valence-electron chi connectivity index (χ3n) is 4.63. The van der Waals surface area contributed by atoms with Crippen LogP contribution in [0.2, 0.25) is 0 Å². The van der Waals surface area contributed by atoms with Crippen LogP contribution >= 0.6 is 0 Å². The Kier molecular flexibility index (Phi) is 5.52. The van der Waals surface area contributed by atoms with Crippen LogP contribution in [0.4, 0.5) is 5.69 Å². The highest BCUT2D eigenvalue weighted by Crippen LogP contribution is 2.20. The van der Waals surface area contributed by atoms with E-state index < -0.39 is 0 Å². The number of nitrogens with zero attached hydrogens (tertiary/aromatic N) is 1. The highest BCUT2D eigenvalue weighted by molar-refractivity contribution is 5.78. The Morgan fingerprint density at radius 3 is 2.21 bits per heavy atom. The first kappa shape index (κ1) is 16.6. The second-order valence-corrected chi connectivity index (χ2v) is 6.65. The lowest BCUT2D eigenvalue weighted by molar-refractivity contribution is -0.120. The third kappa shape index (κ3) is 4.60. The smallest absolute Gasteiger partial charge is 0.224 e. The molecule has 1 fully saturated rings. The van der Waals surface area contributed by atoms with Crippen LogP contribution in [0.25, 0.3) is 0 Å². The minimum atomic E-state index is 0.0685. The molecule has 2 aromatic carbocycles. The highest BCUT2D eigenvalue weighted by Gasteiger charge is 2.10. The standard InChI is InChI=1S/C21H26N2O/c1-17-5-7-18(8-6-17)15-21(24)22-16-19-9-11-20(12-10-19)23-13-3-2-4-14-23/h5-12H,2-4,13-16H2,1H3,(H,22,24). The molecule has 126 valence electrons. The van der Waals surface area contributed by atoms with Gasteiger partial charge in [0, 0.05) is 25.3 Å². The van der Waals surface area contributed by atoms with Gasteiger partial charge in [-0.15, -0.1) is 0 Å². The summed E-state index contributed by atoms with van der Waals surface area (Å²) in [6, 6.07) is 16.7. The Balaban J connectivity index is 1.49. The second-order valence-electron chi connectivity index (χ2n) is 6.65. The van der Waals surface area contributed by atoms with E-state index in [1.807, 2.05) is 24.3 Å². The van der Waals surface area contributed by atoms with E-state index in [0.29, 0.717) is 13.0 Å². The Morgan fingerprint density at radius 1 is 0.917 bits per heavy atom. The molecule has 1 saturated heterocycles. The average molecular weight is 322 g/mol. The summed E-state index contributed by atoms with van der Waals surface area (Å²) in [4.78, 5) is 14.5. The number of piperidine rings is 1. The van der Waals surface area contributed by atoms with Crippen molar-refractivity contribution in [3.05, 3.63) is 65.2 Å². The zero-order valence-electron chi connectivity index (χ0n) is 14.4. The predicted octanol–water partition coefficient (Wildman–Crippen LogP) is 3.84. The van der Waals surface area contributed by atoms with Crippen molar-refractivity contribution in [3.63, 3.8) is 0 Å². The van der Waals surface area contributed by atoms with Crippen molar-refractivity contribution in [3.8, 4) is 0 Å². The summed E-state index contributed by atoms with van der Waals surface area (Å²) < 4.78 is 0. The summed E-state index contributed by atoms with van der Waals surface area (Å²) in [5, 5.41) is 3.01. The van der Waals surface area contributed by atoms with Crippen molar-refractivity contribution in [2.75, 3.05) is 18.0 Å². The molecular weight excluding hydrogens is 296 g/mol. The van der Waals surface area contributed by atoms with E-state index in [4.69, 9.17) is 0 Å². The third-order valence-corrected chi connectivity index (χ3v) is 4.63. The zero-order chi connectivity index (χ0) is 16.8. The molecule has 1 amide bonds. The Bertz CT molecular complexity index is 655. The minimum absolute atomic E-state index is 0.0685. The SMILES string of the molecule is Cc1ccc(CC(=O)NCc2ccc(N3CCCCC3)cc2)cc1. The first-order chi connectivity index (χ1) is 11.7. The van der Waals surface area contributed by atoms with E-state index in [-0.39, 0.29) is 5.91 Å². The Labute approximate surface area is 144 Å². The lowest BCUT2D eigenvalue weighted by Gasteiger charge is -2.28. The first-order valence-electron chi connectivity index (χ1n) is 8.87. The summed E-state index contributed by atoms with van der Waals surface area (Å²) in [6.45, 7) is 4.96. The maximum atomic E-state index is 12.1. The van der Waals surface area contributed by atoms with Crippen molar-refractivity contribution in [1.82, 2.24) is 5.32 Å². The first-order valence-corrected chi connectivity index (χ1v) is 8.87. The van der Waals surface area contributed by atoms with Crippen molar-refractivity contribution in [1.29, 1.82) is 0 Å². The van der Waals surface area contributed by atoms with Crippen LogP contribution < -0.4 is 10.2 Å². The molecule has 0 saturated carbocycles.